The zero-order valence-electron chi connectivity index (χ0n) is 13.2. The molecule has 0 fully saturated rings. The molecule has 2 N–H and O–H groups in total. The van der Waals surface area contributed by atoms with E-state index in [-0.39, 0.29) is 24.3 Å². The molecule has 0 aliphatic heterocycles. The van der Waals surface area contributed by atoms with Crippen molar-refractivity contribution in [2.75, 3.05) is 6.61 Å². The van der Waals surface area contributed by atoms with Crippen molar-refractivity contribution in [2.45, 2.75) is 25.8 Å². The molecule has 23 heavy (non-hydrogen) atoms. The summed E-state index contributed by atoms with van der Waals surface area (Å²) in [5, 5.41) is 12.1. The van der Waals surface area contributed by atoms with E-state index < -0.39 is 0 Å². The molecule has 0 heterocycles. The minimum Gasteiger partial charge on any atom is -0.396 e. The van der Waals surface area contributed by atoms with E-state index >= 15 is 0 Å². The van der Waals surface area contributed by atoms with Gasteiger partial charge in [0.05, 0.1) is 11.6 Å². The van der Waals surface area contributed by atoms with Crippen LogP contribution in [-0.2, 0) is 0 Å². The molecular formula is C19H21NO3. The highest BCUT2D eigenvalue weighted by Crippen LogP contribution is 2.20. The van der Waals surface area contributed by atoms with Crippen molar-refractivity contribution in [3.05, 3.63) is 71.3 Å². The Morgan fingerprint density at radius 3 is 2.22 bits per heavy atom. The van der Waals surface area contributed by atoms with Crippen LogP contribution in [0.25, 0.3) is 0 Å². The van der Waals surface area contributed by atoms with Crippen molar-refractivity contribution in [3.8, 4) is 0 Å². The number of amides is 1. The van der Waals surface area contributed by atoms with Crippen molar-refractivity contribution in [1.82, 2.24) is 5.32 Å². The molecule has 0 aliphatic carbocycles. The van der Waals surface area contributed by atoms with Crippen molar-refractivity contribution in [3.63, 3.8) is 0 Å². The number of aliphatic hydroxyl groups is 1. The van der Waals surface area contributed by atoms with E-state index in [1.54, 1.807) is 24.3 Å². The van der Waals surface area contributed by atoms with E-state index in [4.69, 9.17) is 5.11 Å². The monoisotopic (exact) mass is 311 g/mol. The highest BCUT2D eigenvalue weighted by molar-refractivity contribution is 6.07. The molecule has 2 rings (SSSR count). The summed E-state index contributed by atoms with van der Waals surface area (Å²) in [5.41, 5.74) is 1.78. The molecule has 0 saturated carbocycles. The van der Waals surface area contributed by atoms with E-state index in [2.05, 4.69) is 5.32 Å². The number of hydrogen-bond donors (Lipinski definition) is 2. The second-order valence-corrected chi connectivity index (χ2v) is 5.40. The number of aliphatic hydroxyl groups excluding tert-OH is 1. The third-order valence-corrected chi connectivity index (χ3v) is 3.71. The van der Waals surface area contributed by atoms with Crippen LogP contribution in [0, 0.1) is 0 Å². The topological polar surface area (TPSA) is 66.4 Å². The van der Waals surface area contributed by atoms with Crippen molar-refractivity contribution >= 4 is 11.7 Å². The largest absolute Gasteiger partial charge is 0.396 e. The molecule has 2 aromatic carbocycles. The smallest absolute Gasteiger partial charge is 0.252 e. The van der Waals surface area contributed by atoms with E-state index in [1.165, 1.54) is 6.92 Å². The molecule has 1 amide bonds. The van der Waals surface area contributed by atoms with Crippen LogP contribution in [-0.4, -0.2) is 23.4 Å². The fourth-order valence-electron chi connectivity index (χ4n) is 2.53. The van der Waals surface area contributed by atoms with Crippen LogP contribution >= 0.6 is 0 Å². The van der Waals surface area contributed by atoms with Gasteiger partial charge >= 0.3 is 0 Å². The number of carbonyl (C=O) groups is 2. The highest BCUT2D eigenvalue weighted by atomic mass is 16.3. The second-order valence-electron chi connectivity index (χ2n) is 5.40. The van der Waals surface area contributed by atoms with Crippen LogP contribution in [0.5, 0.6) is 0 Å². The van der Waals surface area contributed by atoms with E-state index in [1.807, 2.05) is 30.3 Å². The zero-order valence-corrected chi connectivity index (χ0v) is 13.2. The third-order valence-electron chi connectivity index (χ3n) is 3.71. The van der Waals surface area contributed by atoms with Gasteiger partial charge in [-0.05, 0) is 31.4 Å². The Balaban J connectivity index is 2.23. The number of Topliss-reactive ketones (excluding diaryl/α,β-unsaturated/α-hetero) is 1. The summed E-state index contributed by atoms with van der Waals surface area (Å²) in [7, 11) is 0. The average molecular weight is 311 g/mol. The highest BCUT2D eigenvalue weighted by Gasteiger charge is 2.18. The van der Waals surface area contributed by atoms with Gasteiger partial charge in [0.15, 0.2) is 5.78 Å². The maximum atomic E-state index is 12.6. The van der Waals surface area contributed by atoms with Gasteiger partial charge in [-0.2, -0.15) is 0 Å². The molecule has 120 valence electrons. The van der Waals surface area contributed by atoms with Gasteiger partial charge in [-0.25, -0.2) is 0 Å². The molecule has 0 bridgehead atoms. The lowest BCUT2D eigenvalue weighted by Gasteiger charge is -2.19. The Labute approximate surface area is 136 Å². The van der Waals surface area contributed by atoms with Crippen molar-refractivity contribution in [1.29, 1.82) is 0 Å². The quantitative estimate of drug-likeness (QED) is 0.772. The first-order valence-corrected chi connectivity index (χ1v) is 7.70. The summed E-state index contributed by atoms with van der Waals surface area (Å²) in [6, 6.07) is 16.2. The molecule has 1 unspecified atom stereocenters. The number of nitrogens with one attached hydrogen (secondary N) is 1. The van der Waals surface area contributed by atoms with E-state index in [0.717, 1.165) is 5.56 Å². The Bertz CT molecular complexity index is 667. The van der Waals surface area contributed by atoms with Crippen LogP contribution in [0.4, 0.5) is 0 Å². The number of carbonyl (C=O) groups excluding carboxylic acids is 2. The summed E-state index contributed by atoms with van der Waals surface area (Å²) < 4.78 is 0. The van der Waals surface area contributed by atoms with Gasteiger partial charge in [-0.15, -0.1) is 0 Å². The lowest BCUT2D eigenvalue weighted by Crippen LogP contribution is -2.30. The molecule has 4 nitrogen and oxygen atoms in total. The number of rotatable bonds is 7. The van der Waals surface area contributed by atoms with Crippen LogP contribution in [0.3, 0.4) is 0 Å². The number of benzene rings is 2. The van der Waals surface area contributed by atoms with Crippen LogP contribution in [0.1, 0.15) is 52.1 Å². The lowest BCUT2D eigenvalue weighted by atomic mass is 10.00. The molecule has 1 atom stereocenters. The molecule has 0 aliphatic rings. The maximum Gasteiger partial charge on any atom is 0.252 e. The molecular weight excluding hydrogens is 290 g/mol. The molecule has 2 aromatic rings. The maximum absolute atomic E-state index is 12.6. The standard InChI is InChI=1S/C19H21NO3/c1-14(22)16-10-5-6-11-17(16)19(23)20-18(12-7-13-21)15-8-3-2-4-9-15/h2-6,8-11,18,21H,7,12-13H2,1H3,(H,20,23). The SMILES string of the molecule is CC(=O)c1ccccc1C(=O)NC(CCCO)c1ccccc1. The van der Waals surface area contributed by atoms with Gasteiger partial charge in [0, 0.05) is 12.2 Å². The molecule has 0 radical (unpaired) electrons. The van der Waals surface area contributed by atoms with Gasteiger partial charge in [0.2, 0.25) is 0 Å². The fourth-order valence-corrected chi connectivity index (χ4v) is 2.53. The minimum absolute atomic E-state index is 0.0727. The molecule has 0 saturated heterocycles. The van der Waals surface area contributed by atoms with Crippen LogP contribution in [0.2, 0.25) is 0 Å². The van der Waals surface area contributed by atoms with Crippen molar-refractivity contribution in [2.24, 2.45) is 0 Å². The van der Waals surface area contributed by atoms with Gasteiger partial charge in [0.25, 0.3) is 5.91 Å². The van der Waals surface area contributed by atoms with Gasteiger partial charge in [-0.3, -0.25) is 9.59 Å². The Morgan fingerprint density at radius 1 is 1.00 bits per heavy atom. The van der Waals surface area contributed by atoms with Gasteiger partial charge < -0.3 is 10.4 Å². The minimum atomic E-state index is -0.275. The fraction of sp³-hybridized carbons (Fsp3) is 0.263. The first kappa shape index (κ1) is 16.9. The predicted molar refractivity (Wildman–Crippen MR) is 89.4 cm³/mol. The summed E-state index contributed by atoms with van der Waals surface area (Å²) >= 11 is 0. The van der Waals surface area contributed by atoms with Crippen LogP contribution in [0.15, 0.2) is 54.6 Å². The number of ketones is 1. The van der Waals surface area contributed by atoms with E-state index in [0.29, 0.717) is 24.0 Å². The van der Waals surface area contributed by atoms with Crippen LogP contribution < -0.4 is 5.32 Å². The summed E-state index contributed by atoms with van der Waals surface area (Å²) in [6.45, 7) is 1.52. The molecule has 0 spiro atoms. The molecule has 0 aromatic heterocycles. The first-order valence-electron chi connectivity index (χ1n) is 7.70. The average Bonchev–Trinajstić information content (AvgIpc) is 2.59. The lowest BCUT2D eigenvalue weighted by molar-refractivity contribution is 0.0920. The Hall–Kier alpha value is -2.46. The van der Waals surface area contributed by atoms with Gasteiger partial charge in [-0.1, -0.05) is 48.5 Å². The van der Waals surface area contributed by atoms with E-state index in [9.17, 15) is 9.59 Å². The first-order chi connectivity index (χ1) is 11.1. The van der Waals surface area contributed by atoms with Gasteiger partial charge in [0.1, 0.15) is 0 Å². The Kier molecular flexibility index (Phi) is 6.06. The number of hydrogen-bond acceptors (Lipinski definition) is 3. The normalized spacial score (nSPS) is 11.7. The summed E-state index contributed by atoms with van der Waals surface area (Å²) in [5.74, 6) is -0.412. The summed E-state index contributed by atoms with van der Waals surface area (Å²) in [6.07, 6.45) is 1.22. The third kappa shape index (κ3) is 4.50. The Morgan fingerprint density at radius 2 is 1.61 bits per heavy atom. The summed E-state index contributed by atoms with van der Waals surface area (Å²) in [4.78, 5) is 24.3. The predicted octanol–water partition coefficient (Wildman–Crippen LogP) is 3.13. The zero-order chi connectivity index (χ0) is 16.7. The molecule has 4 heteroatoms. The second kappa shape index (κ2) is 8.25. The van der Waals surface area contributed by atoms with Crippen molar-refractivity contribution < 1.29 is 14.7 Å².